The molecule has 2 aromatic rings. The van der Waals surface area contributed by atoms with E-state index in [-0.39, 0.29) is 6.61 Å². The summed E-state index contributed by atoms with van der Waals surface area (Å²) in [6, 6.07) is 12.7. The van der Waals surface area contributed by atoms with E-state index in [1.165, 1.54) is 21.5 Å². The Balaban J connectivity index is 2.58. The van der Waals surface area contributed by atoms with E-state index in [0.717, 1.165) is 11.3 Å². The molecular formula is C18H24O2Si. The number of aliphatic hydroxyl groups excluding tert-OH is 1. The van der Waals surface area contributed by atoms with Crippen molar-refractivity contribution in [2.75, 3.05) is 7.11 Å². The van der Waals surface area contributed by atoms with Gasteiger partial charge in [0.25, 0.3) is 0 Å². The molecule has 0 heterocycles. The second-order valence-corrected chi connectivity index (χ2v) is 10.4. The van der Waals surface area contributed by atoms with Crippen LogP contribution in [0.1, 0.15) is 16.7 Å². The monoisotopic (exact) mass is 300 g/mol. The van der Waals surface area contributed by atoms with Gasteiger partial charge in [0.05, 0.1) is 13.7 Å². The van der Waals surface area contributed by atoms with E-state index in [4.69, 9.17) is 4.74 Å². The molecule has 0 saturated heterocycles. The summed E-state index contributed by atoms with van der Waals surface area (Å²) in [5.41, 5.74) is 3.39. The maximum Gasteiger partial charge on any atom is 0.124 e. The van der Waals surface area contributed by atoms with Gasteiger partial charge in [-0.15, -0.1) is 0 Å². The zero-order valence-corrected chi connectivity index (χ0v) is 14.5. The van der Waals surface area contributed by atoms with E-state index in [1.54, 1.807) is 7.11 Å². The van der Waals surface area contributed by atoms with Crippen molar-refractivity contribution in [2.45, 2.75) is 33.5 Å². The molecular weight excluding hydrogens is 276 g/mol. The number of aryl methyl sites for hydroxylation is 2. The smallest absolute Gasteiger partial charge is 0.124 e. The molecule has 0 bridgehead atoms. The Morgan fingerprint density at radius 2 is 1.62 bits per heavy atom. The lowest BCUT2D eigenvalue weighted by molar-refractivity contribution is 0.283. The highest BCUT2D eigenvalue weighted by Gasteiger charge is 2.29. The van der Waals surface area contributed by atoms with Crippen LogP contribution in [-0.2, 0) is 6.61 Å². The number of hydrogen-bond acceptors (Lipinski definition) is 2. The molecule has 0 spiro atoms. The van der Waals surface area contributed by atoms with Gasteiger partial charge in [-0.1, -0.05) is 54.7 Å². The third-order valence-electron chi connectivity index (χ3n) is 4.25. The van der Waals surface area contributed by atoms with Gasteiger partial charge in [0.15, 0.2) is 0 Å². The molecule has 0 atom stereocenters. The first-order chi connectivity index (χ1) is 9.91. The summed E-state index contributed by atoms with van der Waals surface area (Å²) < 4.78 is 5.47. The molecule has 0 aliphatic rings. The van der Waals surface area contributed by atoms with Crippen LogP contribution < -0.4 is 15.1 Å². The highest BCUT2D eigenvalue weighted by atomic mass is 28.3. The van der Waals surface area contributed by atoms with E-state index in [9.17, 15) is 5.11 Å². The van der Waals surface area contributed by atoms with Crippen molar-refractivity contribution in [1.29, 1.82) is 0 Å². The number of methoxy groups -OCH3 is 1. The van der Waals surface area contributed by atoms with Crippen LogP contribution in [0.3, 0.4) is 0 Å². The van der Waals surface area contributed by atoms with E-state index in [2.05, 4.69) is 51.2 Å². The lowest BCUT2D eigenvalue weighted by Gasteiger charge is -2.27. The Bertz CT molecular complexity index is 624. The number of aliphatic hydroxyl groups is 1. The van der Waals surface area contributed by atoms with Gasteiger partial charge < -0.3 is 9.84 Å². The SMILES string of the molecule is COc1c(C)cc([Si](C)(C)c2ccccc2CO)cc1C. The van der Waals surface area contributed by atoms with Gasteiger partial charge in [-0.05, 0) is 35.7 Å². The van der Waals surface area contributed by atoms with Crippen molar-refractivity contribution < 1.29 is 9.84 Å². The first-order valence-electron chi connectivity index (χ1n) is 7.26. The topological polar surface area (TPSA) is 29.5 Å². The molecule has 0 radical (unpaired) electrons. The molecule has 0 saturated carbocycles. The minimum atomic E-state index is -1.84. The van der Waals surface area contributed by atoms with E-state index < -0.39 is 8.07 Å². The predicted molar refractivity (Wildman–Crippen MR) is 91.6 cm³/mol. The third kappa shape index (κ3) is 2.89. The summed E-state index contributed by atoms with van der Waals surface area (Å²) in [5.74, 6) is 0.971. The van der Waals surface area contributed by atoms with Crippen LogP contribution in [0.4, 0.5) is 0 Å². The summed E-state index contributed by atoms with van der Waals surface area (Å²) in [5, 5.41) is 12.3. The molecule has 21 heavy (non-hydrogen) atoms. The average Bonchev–Trinajstić information content (AvgIpc) is 2.46. The standard InChI is InChI=1S/C18H24O2Si/c1-13-10-16(11-14(2)18(13)20-3)21(4,5)17-9-7-6-8-15(17)12-19/h6-11,19H,12H2,1-5H3. The van der Waals surface area contributed by atoms with Crippen molar-refractivity contribution in [3.63, 3.8) is 0 Å². The van der Waals surface area contributed by atoms with Gasteiger partial charge in [-0.3, -0.25) is 0 Å². The van der Waals surface area contributed by atoms with Gasteiger partial charge in [-0.25, -0.2) is 0 Å². The number of hydrogen-bond donors (Lipinski definition) is 1. The lowest BCUT2D eigenvalue weighted by atomic mass is 10.1. The molecule has 112 valence electrons. The quantitative estimate of drug-likeness (QED) is 0.880. The molecule has 2 nitrogen and oxygen atoms in total. The summed E-state index contributed by atoms with van der Waals surface area (Å²) in [4.78, 5) is 0. The van der Waals surface area contributed by atoms with Gasteiger partial charge in [-0.2, -0.15) is 0 Å². The Labute approximate surface area is 128 Å². The molecule has 3 heteroatoms. The number of ether oxygens (including phenoxy) is 1. The van der Waals surface area contributed by atoms with Crippen LogP contribution in [0.2, 0.25) is 13.1 Å². The molecule has 0 unspecified atom stereocenters. The number of benzene rings is 2. The minimum Gasteiger partial charge on any atom is -0.496 e. The van der Waals surface area contributed by atoms with Crippen molar-refractivity contribution in [1.82, 2.24) is 0 Å². The van der Waals surface area contributed by atoms with Crippen molar-refractivity contribution >= 4 is 18.4 Å². The normalized spacial score (nSPS) is 11.5. The highest BCUT2D eigenvalue weighted by molar-refractivity contribution is 7.00. The van der Waals surface area contributed by atoms with Gasteiger partial charge in [0.1, 0.15) is 13.8 Å². The fraction of sp³-hybridized carbons (Fsp3) is 0.333. The fourth-order valence-corrected chi connectivity index (χ4v) is 6.00. The van der Waals surface area contributed by atoms with Crippen LogP contribution in [0.5, 0.6) is 5.75 Å². The number of rotatable bonds is 4. The Morgan fingerprint density at radius 1 is 1.05 bits per heavy atom. The molecule has 0 aliphatic carbocycles. The Hall–Kier alpha value is -1.58. The largest absolute Gasteiger partial charge is 0.496 e. The average molecular weight is 300 g/mol. The second-order valence-electron chi connectivity index (χ2n) is 6.08. The van der Waals surface area contributed by atoms with Crippen LogP contribution in [0.25, 0.3) is 0 Å². The Kier molecular flexibility index (Phi) is 4.54. The first kappa shape index (κ1) is 15.8. The molecule has 2 aromatic carbocycles. The van der Waals surface area contributed by atoms with Crippen molar-refractivity contribution in [3.8, 4) is 5.75 Å². The molecule has 2 rings (SSSR count). The van der Waals surface area contributed by atoms with Gasteiger partial charge in [0.2, 0.25) is 0 Å². The van der Waals surface area contributed by atoms with Crippen molar-refractivity contribution in [3.05, 3.63) is 53.1 Å². The minimum absolute atomic E-state index is 0.0979. The van der Waals surface area contributed by atoms with Crippen molar-refractivity contribution in [2.24, 2.45) is 0 Å². The zero-order chi connectivity index (χ0) is 15.6. The summed E-state index contributed by atoms with van der Waals surface area (Å²) in [6.07, 6.45) is 0. The first-order valence-corrected chi connectivity index (χ1v) is 10.3. The molecule has 0 amide bonds. The summed E-state index contributed by atoms with van der Waals surface area (Å²) in [7, 11) is -0.114. The van der Waals surface area contributed by atoms with E-state index >= 15 is 0 Å². The Morgan fingerprint density at radius 3 is 2.14 bits per heavy atom. The zero-order valence-electron chi connectivity index (χ0n) is 13.5. The third-order valence-corrected chi connectivity index (χ3v) is 7.81. The maximum atomic E-state index is 9.62. The van der Waals surface area contributed by atoms with E-state index in [0.29, 0.717) is 0 Å². The fourth-order valence-electron chi connectivity index (χ4n) is 3.06. The maximum absolute atomic E-state index is 9.62. The van der Waals surface area contributed by atoms with Crippen LogP contribution in [0.15, 0.2) is 36.4 Å². The second kappa shape index (κ2) is 6.04. The van der Waals surface area contributed by atoms with Crippen LogP contribution in [-0.4, -0.2) is 20.3 Å². The highest BCUT2D eigenvalue weighted by Crippen LogP contribution is 2.22. The molecule has 0 fully saturated rings. The lowest BCUT2D eigenvalue weighted by Crippen LogP contribution is -2.54. The predicted octanol–water partition coefficient (Wildman–Crippen LogP) is 2.63. The summed E-state index contributed by atoms with van der Waals surface area (Å²) in [6.45, 7) is 8.96. The van der Waals surface area contributed by atoms with Gasteiger partial charge in [0, 0.05) is 0 Å². The molecule has 0 aliphatic heterocycles. The molecule has 0 aromatic heterocycles. The molecule has 1 N–H and O–H groups in total. The van der Waals surface area contributed by atoms with Crippen LogP contribution in [0, 0.1) is 13.8 Å². The summed E-state index contributed by atoms with van der Waals surface area (Å²) >= 11 is 0. The van der Waals surface area contributed by atoms with Gasteiger partial charge >= 0.3 is 0 Å². The van der Waals surface area contributed by atoms with E-state index in [1.807, 2.05) is 12.1 Å². The van der Waals surface area contributed by atoms with Crippen LogP contribution >= 0.6 is 0 Å².